The second-order valence-corrected chi connectivity index (χ2v) is 5.33. The van der Waals surface area contributed by atoms with E-state index < -0.39 is 11.4 Å². The number of halogens is 1. The molecular formula is C13H15ClN2O3. The predicted octanol–water partition coefficient (Wildman–Crippen LogP) is 2.03. The van der Waals surface area contributed by atoms with Crippen LogP contribution in [0, 0.1) is 12.3 Å². The molecule has 19 heavy (non-hydrogen) atoms. The summed E-state index contributed by atoms with van der Waals surface area (Å²) in [4.78, 5) is 27.1. The number of aryl methyl sites for hydroxylation is 1. The highest BCUT2D eigenvalue weighted by molar-refractivity contribution is 6.33. The molecular weight excluding hydrogens is 268 g/mol. The number of nitrogens with zero attached hydrogens (tertiary/aromatic N) is 1. The van der Waals surface area contributed by atoms with Gasteiger partial charge < -0.3 is 10.4 Å². The molecule has 0 spiro atoms. The number of carboxylic acid groups (broad SMARTS) is 1. The lowest BCUT2D eigenvalue weighted by atomic mass is 9.69. The third-order valence-corrected chi connectivity index (χ3v) is 3.90. The van der Waals surface area contributed by atoms with Gasteiger partial charge in [0.25, 0.3) is 5.91 Å². The van der Waals surface area contributed by atoms with Gasteiger partial charge in [0.2, 0.25) is 0 Å². The van der Waals surface area contributed by atoms with Crippen molar-refractivity contribution in [2.75, 3.05) is 6.54 Å². The number of hydrogen-bond donors (Lipinski definition) is 2. The molecule has 0 radical (unpaired) electrons. The molecule has 1 heterocycles. The predicted molar refractivity (Wildman–Crippen MR) is 70.2 cm³/mol. The van der Waals surface area contributed by atoms with Gasteiger partial charge in [0.15, 0.2) is 0 Å². The van der Waals surface area contributed by atoms with Crippen LogP contribution in [0.5, 0.6) is 0 Å². The number of carbonyl (C=O) groups excluding carboxylic acids is 1. The average Bonchev–Trinajstić information content (AvgIpc) is 2.26. The Hall–Kier alpha value is -1.62. The van der Waals surface area contributed by atoms with Crippen molar-refractivity contribution in [1.29, 1.82) is 0 Å². The number of carbonyl (C=O) groups is 2. The summed E-state index contributed by atoms with van der Waals surface area (Å²) in [5.41, 5.74) is 0.190. The Kier molecular flexibility index (Phi) is 3.75. The minimum absolute atomic E-state index is 0.130. The van der Waals surface area contributed by atoms with Gasteiger partial charge in [-0.25, -0.2) is 0 Å². The topological polar surface area (TPSA) is 79.3 Å². The van der Waals surface area contributed by atoms with E-state index in [1.54, 1.807) is 13.0 Å². The zero-order chi connectivity index (χ0) is 14.0. The maximum absolute atomic E-state index is 12.0. The van der Waals surface area contributed by atoms with Crippen LogP contribution >= 0.6 is 11.6 Å². The van der Waals surface area contributed by atoms with Crippen molar-refractivity contribution in [2.45, 2.75) is 26.2 Å². The number of rotatable bonds is 4. The van der Waals surface area contributed by atoms with Crippen molar-refractivity contribution in [1.82, 2.24) is 10.3 Å². The van der Waals surface area contributed by atoms with Crippen molar-refractivity contribution in [3.05, 3.63) is 28.5 Å². The quantitative estimate of drug-likeness (QED) is 0.885. The van der Waals surface area contributed by atoms with Crippen LogP contribution in [-0.4, -0.2) is 28.5 Å². The molecule has 6 heteroatoms. The van der Waals surface area contributed by atoms with Crippen LogP contribution in [0.25, 0.3) is 0 Å². The van der Waals surface area contributed by atoms with Crippen LogP contribution < -0.4 is 5.32 Å². The van der Waals surface area contributed by atoms with Crippen LogP contribution in [0.1, 0.15) is 35.3 Å². The monoisotopic (exact) mass is 282 g/mol. The molecule has 1 aromatic heterocycles. The molecule has 1 aliphatic rings. The maximum atomic E-state index is 12.0. The van der Waals surface area contributed by atoms with Gasteiger partial charge in [0, 0.05) is 18.4 Å². The highest BCUT2D eigenvalue weighted by Gasteiger charge is 2.44. The molecule has 0 saturated heterocycles. The van der Waals surface area contributed by atoms with E-state index in [2.05, 4.69) is 10.3 Å². The summed E-state index contributed by atoms with van der Waals surface area (Å²) in [6.45, 7) is 1.91. The smallest absolute Gasteiger partial charge is 0.311 e. The summed E-state index contributed by atoms with van der Waals surface area (Å²) in [5, 5.41) is 12.1. The fraction of sp³-hybridized carbons (Fsp3) is 0.462. The van der Waals surface area contributed by atoms with Crippen molar-refractivity contribution < 1.29 is 14.7 Å². The van der Waals surface area contributed by atoms with E-state index in [4.69, 9.17) is 16.7 Å². The average molecular weight is 283 g/mol. The normalized spacial score (nSPS) is 16.5. The van der Waals surface area contributed by atoms with Crippen LogP contribution in [0.2, 0.25) is 5.02 Å². The minimum atomic E-state index is -0.854. The first kappa shape index (κ1) is 13.8. The summed E-state index contributed by atoms with van der Waals surface area (Å²) in [7, 11) is 0. The molecule has 1 saturated carbocycles. The Morgan fingerprint density at radius 1 is 1.53 bits per heavy atom. The number of amides is 1. The van der Waals surface area contributed by atoms with Gasteiger partial charge in [0.05, 0.1) is 16.0 Å². The lowest BCUT2D eigenvalue weighted by Gasteiger charge is -2.37. The Bertz CT molecular complexity index is 527. The van der Waals surface area contributed by atoms with Gasteiger partial charge in [-0.3, -0.25) is 14.6 Å². The number of carboxylic acids is 1. The summed E-state index contributed by atoms with van der Waals surface area (Å²) >= 11 is 5.97. The third-order valence-electron chi connectivity index (χ3n) is 3.59. The third kappa shape index (κ3) is 2.71. The molecule has 102 valence electrons. The highest BCUT2D eigenvalue weighted by Crippen LogP contribution is 2.40. The van der Waals surface area contributed by atoms with Gasteiger partial charge in [-0.05, 0) is 25.8 Å². The molecule has 0 aromatic carbocycles. The van der Waals surface area contributed by atoms with E-state index in [1.807, 2.05) is 0 Å². The largest absolute Gasteiger partial charge is 0.481 e. The van der Waals surface area contributed by atoms with Gasteiger partial charge in [0.1, 0.15) is 0 Å². The van der Waals surface area contributed by atoms with E-state index in [1.165, 1.54) is 6.20 Å². The molecule has 0 atom stereocenters. The van der Waals surface area contributed by atoms with Crippen LogP contribution in [0.3, 0.4) is 0 Å². The van der Waals surface area contributed by atoms with Gasteiger partial charge in [-0.15, -0.1) is 0 Å². The van der Waals surface area contributed by atoms with Crippen molar-refractivity contribution in [3.8, 4) is 0 Å². The summed E-state index contributed by atoms with van der Waals surface area (Å²) in [5.74, 6) is -1.24. The SMILES string of the molecule is Cc1cc(Cl)c(C(=O)NCC2(C(=O)O)CCC2)cn1. The molecule has 1 amide bonds. The van der Waals surface area contributed by atoms with E-state index in [0.717, 1.165) is 12.1 Å². The minimum Gasteiger partial charge on any atom is -0.481 e. The Balaban J connectivity index is 2.03. The lowest BCUT2D eigenvalue weighted by Crippen LogP contribution is -2.47. The summed E-state index contributed by atoms with van der Waals surface area (Å²) in [6.07, 6.45) is 3.49. The first-order chi connectivity index (χ1) is 8.94. The lowest BCUT2D eigenvalue weighted by molar-refractivity contribution is -0.153. The Labute approximate surface area is 116 Å². The van der Waals surface area contributed by atoms with E-state index in [9.17, 15) is 9.59 Å². The standard InChI is InChI=1S/C13H15ClN2O3/c1-8-5-10(14)9(6-15-8)11(17)16-7-13(12(18)19)3-2-4-13/h5-6H,2-4,7H2,1H3,(H,16,17)(H,18,19). The van der Waals surface area contributed by atoms with Crippen LogP contribution in [0.15, 0.2) is 12.3 Å². The zero-order valence-corrected chi connectivity index (χ0v) is 11.3. The number of hydrogen-bond acceptors (Lipinski definition) is 3. The van der Waals surface area contributed by atoms with Crippen molar-refractivity contribution >= 4 is 23.5 Å². The molecule has 2 rings (SSSR count). The van der Waals surface area contributed by atoms with Crippen molar-refractivity contribution in [2.24, 2.45) is 5.41 Å². The van der Waals surface area contributed by atoms with Gasteiger partial charge >= 0.3 is 5.97 Å². The van der Waals surface area contributed by atoms with E-state index in [0.29, 0.717) is 17.9 Å². The van der Waals surface area contributed by atoms with Crippen molar-refractivity contribution in [3.63, 3.8) is 0 Å². The molecule has 0 unspecified atom stereocenters. The molecule has 1 aliphatic carbocycles. The fourth-order valence-electron chi connectivity index (χ4n) is 2.11. The first-order valence-electron chi connectivity index (χ1n) is 6.08. The second-order valence-electron chi connectivity index (χ2n) is 4.93. The number of aromatic nitrogens is 1. The molecule has 0 bridgehead atoms. The van der Waals surface area contributed by atoms with E-state index in [-0.39, 0.29) is 18.0 Å². The molecule has 0 aliphatic heterocycles. The Morgan fingerprint density at radius 3 is 2.68 bits per heavy atom. The summed E-state index contributed by atoms with van der Waals surface area (Å²) in [6, 6.07) is 1.60. The van der Waals surface area contributed by atoms with Gasteiger partial charge in [-0.1, -0.05) is 18.0 Å². The Morgan fingerprint density at radius 2 is 2.21 bits per heavy atom. The molecule has 5 nitrogen and oxygen atoms in total. The number of nitrogens with one attached hydrogen (secondary N) is 1. The number of aliphatic carboxylic acids is 1. The first-order valence-corrected chi connectivity index (χ1v) is 6.46. The van der Waals surface area contributed by atoms with Gasteiger partial charge in [-0.2, -0.15) is 0 Å². The molecule has 1 fully saturated rings. The highest BCUT2D eigenvalue weighted by atomic mass is 35.5. The zero-order valence-electron chi connectivity index (χ0n) is 10.6. The van der Waals surface area contributed by atoms with Crippen LogP contribution in [0.4, 0.5) is 0 Å². The molecule has 2 N–H and O–H groups in total. The van der Waals surface area contributed by atoms with E-state index >= 15 is 0 Å². The number of pyridine rings is 1. The molecule has 1 aromatic rings. The summed E-state index contributed by atoms with van der Waals surface area (Å²) < 4.78 is 0. The second kappa shape index (κ2) is 5.17. The van der Waals surface area contributed by atoms with Crippen LogP contribution in [-0.2, 0) is 4.79 Å². The fourth-order valence-corrected chi connectivity index (χ4v) is 2.40. The maximum Gasteiger partial charge on any atom is 0.311 e.